The predicted molar refractivity (Wildman–Crippen MR) is 105 cm³/mol. The summed E-state index contributed by atoms with van der Waals surface area (Å²) >= 11 is 0. The van der Waals surface area contributed by atoms with E-state index in [9.17, 15) is 14.4 Å². The lowest BCUT2D eigenvalue weighted by atomic mass is 9.89. The Morgan fingerprint density at radius 2 is 2.04 bits per heavy atom. The van der Waals surface area contributed by atoms with Crippen LogP contribution >= 0.6 is 0 Å². The smallest absolute Gasteiger partial charge is 0.255 e. The first-order valence-electron chi connectivity index (χ1n) is 9.50. The Balaban J connectivity index is 1.94. The number of rotatable bonds is 7. The third kappa shape index (κ3) is 6.05. The number of hydrogen-bond donors (Lipinski definition) is 1. The first-order chi connectivity index (χ1) is 12.8. The maximum atomic E-state index is 12.8. The van der Waals surface area contributed by atoms with Crippen LogP contribution in [0.1, 0.15) is 43.5 Å². The van der Waals surface area contributed by atoms with Crippen molar-refractivity contribution in [1.82, 2.24) is 14.8 Å². The molecule has 1 aliphatic heterocycles. The van der Waals surface area contributed by atoms with Crippen molar-refractivity contribution in [3.63, 3.8) is 0 Å². The number of hydrogen-bond acceptors (Lipinski definition) is 5. The minimum Gasteiger partial charge on any atom is -0.361 e. The summed E-state index contributed by atoms with van der Waals surface area (Å²) in [5.41, 5.74) is 0.497. The van der Waals surface area contributed by atoms with E-state index in [-0.39, 0.29) is 30.1 Å². The molecule has 1 N–H and O–H groups in total. The maximum Gasteiger partial charge on any atom is 0.255 e. The van der Waals surface area contributed by atoms with E-state index in [1.54, 1.807) is 31.1 Å². The number of anilines is 1. The summed E-state index contributed by atoms with van der Waals surface area (Å²) in [6.45, 7) is 5.39. The van der Waals surface area contributed by atoms with Crippen LogP contribution in [0.3, 0.4) is 0 Å². The van der Waals surface area contributed by atoms with Crippen molar-refractivity contribution >= 4 is 23.4 Å². The van der Waals surface area contributed by atoms with Crippen molar-refractivity contribution in [3.05, 3.63) is 23.9 Å². The lowest BCUT2D eigenvalue weighted by Gasteiger charge is -2.32. The second kappa shape index (κ2) is 9.48. The van der Waals surface area contributed by atoms with Crippen molar-refractivity contribution in [2.24, 2.45) is 11.8 Å². The summed E-state index contributed by atoms with van der Waals surface area (Å²) in [6, 6.07) is 3.40. The number of Topliss-reactive ketones (excluding diaryl/α,β-unsaturated/α-hetero) is 1. The number of nitrogens with one attached hydrogen (secondary N) is 1. The molecule has 0 aliphatic carbocycles. The van der Waals surface area contributed by atoms with Gasteiger partial charge in [0.2, 0.25) is 5.91 Å². The van der Waals surface area contributed by atoms with E-state index < -0.39 is 0 Å². The van der Waals surface area contributed by atoms with Crippen LogP contribution in [-0.4, -0.2) is 66.1 Å². The molecule has 0 saturated carbocycles. The van der Waals surface area contributed by atoms with Crippen molar-refractivity contribution < 1.29 is 14.4 Å². The average Bonchev–Trinajstić information content (AvgIpc) is 2.65. The molecule has 7 heteroatoms. The van der Waals surface area contributed by atoms with E-state index >= 15 is 0 Å². The largest absolute Gasteiger partial charge is 0.361 e. The number of pyridine rings is 1. The summed E-state index contributed by atoms with van der Waals surface area (Å²) in [7, 11) is 3.38. The second-order valence-corrected chi connectivity index (χ2v) is 7.73. The predicted octanol–water partition coefficient (Wildman–Crippen LogP) is 2.05. The molecule has 0 aromatic carbocycles. The molecule has 148 valence electrons. The van der Waals surface area contributed by atoms with Gasteiger partial charge in [-0.25, -0.2) is 4.98 Å². The Kier molecular flexibility index (Phi) is 7.33. The summed E-state index contributed by atoms with van der Waals surface area (Å²) in [5, 5.41) is 2.94. The van der Waals surface area contributed by atoms with Gasteiger partial charge in [-0.1, -0.05) is 13.8 Å². The Bertz CT molecular complexity index is 670. The second-order valence-electron chi connectivity index (χ2n) is 7.73. The van der Waals surface area contributed by atoms with Gasteiger partial charge in [0.1, 0.15) is 11.6 Å². The van der Waals surface area contributed by atoms with Gasteiger partial charge in [0.25, 0.3) is 5.91 Å². The number of likely N-dealkylation sites (tertiary alicyclic amines) is 1. The zero-order chi connectivity index (χ0) is 20.0. The van der Waals surface area contributed by atoms with Gasteiger partial charge in [-0.3, -0.25) is 14.4 Å². The molecule has 1 saturated heterocycles. The fraction of sp³-hybridized carbons (Fsp3) is 0.600. The number of piperidine rings is 1. The van der Waals surface area contributed by atoms with Crippen LogP contribution in [0.5, 0.6) is 0 Å². The highest BCUT2D eigenvalue weighted by Crippen LogP contribution is 2.22. The van der Waals surface area contributed by atoms with E-state index in [2.05, 4.69) is 10.3 Å². The highest BCUT2D eigenvalue weighted by molar-refractivity contribution is 5.94. The van der Waals surface area contributed by atoms with Crippen LogP contribution in [0.4, 0.5) is 5.82 Å². The Morgan fingerprint density at radius 1 is 1.30 bits per heavy atom. The van der Waals surface area contributed by atoms with Gasteiger partial charge in [-0.15, -0.1) is 0 Å². The van der Waals surface area contributed by atoms with Crippen molar-refractivity contribution in [2.75, 3.05) is 39.0 Å². The highest BCUT2D eigenvalue weighted by Gasteiger charge is 2.29. The topological polar surface area (TPSA) is 82.6 Å². The molecule has 0 radical (unpaired) electrons. The van der Waals surface area contributed by atoms with E-state index in [1.165, 1.54) is 11.1 Å². The molecule has 1 aromatic heterocycles. The number of likely N-dealkylation sites (N-methyl/N-ethyl adjacent to an activating group) is 1. The van der Waals surface area contributed by atoms with Crippen LogP contribution in [-0.2, 0) is 9.59 Å². The average molecular weight is 374 g/mol. The van der Waals surface area contributed by atoms with Gasteiger partial charge in [0.15, 0.2) is 0 Å². The van der Waals surface area contributed by atoms with E-state index in [4.69, 9.17) is 0 Å². The fourth-order valence-electron chi connectivity index (χ4n) is 3.13. The van der Waals surface area contributed by atoms with Crippen molar-refractivity contribution in [3.8, 4) is 0 Å². The molecule has 1 unspecified atom stereocenters. The Labute approximate surface area is 161 Å². The molecule has 2 heterocycles. The van der Waals surface area contributed by atoms with Crippen LogP contribution in [0.25, 0.3) is 0 Å². The summed E-state index contributed by atoms with van der Waals surface area (Å²) in [5.74, 6) is 0.933. The normalized spacial score (nSPS) is 16.9. The van der Waals surface area contributed by atoms with Gasteiger partial charge in [-0.05, 0) is 30.9 Å². The molecule has 1 atom stereocenters. The molecule has 1 aromatic rings. The summed E-state index contributed by atoms with van der Waals surface area (Å²) < 4.78 is 0. The first-order valence-corrected chi connectivity index (χ1v) is 9.50. The number of carbonyl (C=O) groups excluding carboxylic acids is 3. The molecule has 2 amide bonds. The summed E-state index contributed by atoms with van der Waals surface area (Å²) in [4.78, 5) is 44.2. The van der Waals surface area contributed by atoms with E-state index in [1.807, 2.05) is 13.8 Å². The van der Waals surface area contributed by atoms with Gasteiger partial charge in [0, 0.05) is 45.7 Å². The minimum atomic E-state index is -0.0968. The lowest BCUT2D eigenvalue weighted by Crippen LogP contribution is -2.42. The molecule has 27 heavy (non-hydrogen) atoms. The van der Waals surface area contributed by atoms with Crippen LogP contribution in [0.2, 0.25) is 0 Å². The first kappa shape index (κ1) is 20.9. The molecule has 1 fully saturated rings. The number of aromatic nitrogens is 1. The van der Waals surface area contributed by atoms with Gasteiger partial charge in [0.05, 0.1) is 12.1 Å². The molecule has 2 rings (SSSR count). The fourth-order valence-corrected chi connectivity index (χ4v) is 3.13. The zero-order valence-electron chi connectivity index (χ0n) is 16.7. The molecule has 7 nitrogen and oxygen atoms in total. The molecule has 0 bridgehead atoms. The SMILES string of the molecule is CC(C)CC(=O)C1CCCN(C(=O)c2ccc(NCC(=O)N(C)C)nc2)C1. The minimum absolute atomic E-state index is 0.0534. The monoisotopic (exact) mass is 374 g/mol. The molecular formula is C20H30N4O3. The number of nitrogens with zero attached hydrogens (tertiary/aromatic N) is 3. The number of carbonyl (C=O) groups is 3. The van der Waals surface area contributed by atoms with E-state index in [0.29, 0.717) is 36.8 Å². The van der Waals surface area contributed by atoms with Crippen LogP contribution in [0.15, 0.2) is 18.3 Å². The quantitative estimate of drug-likeness (QED) is 0.790. The summed E-state index contributed by atoms with van der Waals surface area (Å²) in [6.07, 6.45) is 3.79. The van der Waals surface area contributed by atoms with Crippen LogP contribution in [0, 0.1) is 11.8 Å². The number of amides is 2. The van der Waals surface area contributed by atoms with Gasteiger partial charge >= 0.3 is 0 Å². The van der Waals surface area contributed by atoms with Gasteiger partial charge in [-0.2, -0.15) is 0 Å². The third-order valence-corrected chi connectivity index (χ3v) is 4.70. The van der Waals surface area contributed by atoms with Crippen molar-refractivity contribution in [1.29, 1.82) is 0 Å². The highest BCUT2D eigenvalue weighted by atomic mass is 16.2. The Morgan fingerprint density at radius 3 is 2.63 bits per heavy atom. The van der Waals surface area contributed by atoms with Crippen molar-refractivity contribution in [2.45, 2.75) is 33.1 Å². The molecule has 1 aliphatic rings. The number of ketones is 1. The molecular weight excluding hydrogens is 344 g/mol. The zero-order valence-corrected chi connectivity index (χ0v) is 16.7. The van der Waals surface area contributed by atoms with E-state index in [0.717, 1.165) is 12.8 Å². The Hall–Kier alpha value is -2.44. The lowest BCUT2D eigenvalue weighted by molar-refractivity contribution is -0.127. The van der Waals surface area contributed by atoms with Crippen LogP contribution < -0.4 is 5.32 Å². The maximum absolute atomic E-state index is 12.8. The van der Waals surface area contributed by atoms with Gasteiger partial charge < -0.3 is 15.1 Å². The molecule has 0 spiro atoms. The standard InChI is InChI=1S/C20H30N4O3/c1-14(2)10-17(25)16-6-5-9-24(13-16)20(27)15-7-8-18(21-11-15)22-12-19(26)23(3)4/h7-8,11,14,16H,5-6,9-10,12-13H2,1-4H3,(H,21,22). The third-order valence-electron chi connectivity index (χ3n) is 4.70.